The number of benzene rings is 1. The van der Waals surface area contributed by atoms with Crippen molar-refractivity contribution in [3.05, 3.63) is 46.6 Å². The molecule has 5 nitrogen and oxygen atoms in total. The van der Waals surface area contributed by atoms with Gasteiger partial charge in [0.15, 0.2) is 0 Å². The number of hydrogen-bond donors (Lipinski definition) is 2. The second kappa shape index (κ2) is 7.86. The maximum absolute atomic E-state index is 11.8. The van der Waals surface area contributed by atoms with E-state index in [1.807, 2.05) is 6.92 Å². The van der Waals surface area contributed by atoms with Crippen molar-refractivity contribution in [2.45, 2.75) is 19.8 Å². The molecule has 1 heterocycles. The summed E-state index contributed by atoms with van der Waals surface area (Å²) in [4.78, 5) is 4.17. The van der Waals surface area contributed by atoms with Crippen LogP contribution in [0.25, 0.3) is 0 Å². The van der Waals surface area contributed by atoms with Gasteiger partial charge in [-0.15, -0.1) is 0 Å². The molecular formula is C15H17Cl2N3O2S. The SMILES string of the molecule is CCCCS(=O)(=O)Nc1ccc(Nc2cc(Cl)cc(Cl)c2)nc1. The zero-order chi connectivity index (χ0) is 16.9. The summed E-state index contributed by atoms with van der Waals surface area (Å²) in [6, 6.07) is 8.39. The minimum absolute atomic E-state index is 0.102. The number of sulfonamides is 1. The van der Waals surface area contributed by atoms with E-state index >= 15 is 0 Å². The van der Waals surface area contributed by atoms with Gasteiger partial charge in [-0.2, -0.15) is 0 Å². The van der Waals surface area contributed by atoms with Crippen LogP contribution in [0, 0.1) is 0 Å². The fraction of sp³-hybridized carbons (Fsp3) is 0.267. The Morgan fingerprint density at radius 2 is 1.78 bits per heavy atom. The zero-order valence-electron chi connectivity index (χ0n) is 12.5. The van der Waals surface area contributed by atoms with Crippen molar-refractivity contribution >= 4 is 50.4 Å². The number of unbranched alkanes of at least 4 members (excludes halogenated alkanes) is 1. The Labute approximate surface area is 146 Å². The number of nitrogens with zero attached hydrogens (tertiary/aromatic N) is 1. The van der Waals surface area contributed by atoms with Crippen molar-refractivity contribution in [3.8, 4) is 0 Å². The highest BCUT2D eigenvalue weighted by molar-refractivity contribution is 7.92. The van der Waals surface area contributed by atoms with Crippen LogP contribution in [0.3, 0.4) is 0 Å². The Morgan fingerprint density at radius 3 is 2.35 bits per heavy atom. The molecule has 0 unspecified atom stereocenters. The summed E-state index contributed by atoms with van der Waals surface area (Å²) >= 11 is 11.9. The van der Waals surface area contributed by atoms with E-state index < -0.39 is 10.0 Å². The Morgan fingerprint density at radius 1 is 1.09 bits per heavy atom. The highest BCUT2D eigenvalue weighted by Gasteiger charge is 2.09. The fourth-order valence-corrected chi connectivity index (χ4v) is 3.64. The molecule has 0 saturated carbocycles. The molecule has 1 aromatic carbocycles. The molecule has 124 valence electrons. The van der Waals surface area contributed by atoms with E-state index in [-0.39, 0.29) is 5.75 Å². The van der Waals surface area contributed by atoms with Crippen LogP contribution in [0.2, 0.25) is 10.0 Å². The van der Waals surface area contributed by atoms with E-state index in [0.717, 1.165) is 6.42 Å². The van der Waals surface area contributed by atoms with E-state index in [9.17, 15) is 8.42 Å². The molecule has 0 fully saturated rings. The van der Waals surface area contributed by atoms with Gasteiger partial charge in [-0.3, -0.25) is 4.72 Å². The minimum Gasteiger partial charge on any atom is -0.340 e. The number of pyridine rings is 1. The minimum atomic E-state index is -3.33. The average Bonchev–Trinajstić information content (AvgIpc) is 2.46. The maximum atomic E-state index is 11.8. The lowest BCUT2D eigenvalue weighted by Crippen LogP contribution is -2.16. The van der Waals surface area contributed by atoms with Gasteiger partial charge >= 0.3 is 0 Å². The molecule has 0 aliphatic heterocycles. The van der Waals surface area contributed by atoms with Crippen LogP contribution in [-0.4, -0.2) is 19.2 Å². The molecule has 0 bridgehead atoms. The van der Waals surface area contributed by atoms with Crippen molar-refractivity contribution < 1.29 is 8.42 Å². The van der Waals surface area contributed by atoms with Gasteiger partial charge in [0.05, 0.1) is 17.6 Å². The van der Waals surface area contributed by atoms with E-state index in [1.165, 1.54) is 6.20 Å². The molecule has 2 rings (SSSR count). The van der Waals surface area contributed by atoms with Gasteiger partial charge in [0.1, 0.15) is 5.82 Å². The lowest BCUT2D eigenvalue weighted by Gasteiger charge is -2.09. The van der Waals surface area contributed by atoms with Crippen LogP contribution in [0.1, 0.15) is 19.8 Å². The molecule has 23 heavy (non-hydrogen) atoms. The van der Waals surface area contributed by atoms with E-state index in [0.29, 0.717) is 33.7 Å². The lowest BCUT2D eigenvalue weighted by atomic mass is 10.3. The van der Waals surface area contributed by atoms with Gasteiger partial charge in [0, 0.05) is 15.7 Å². The first kappa shape index (κ1) is 17.8. The molecule has 0 aliphatic rings. The second-order valence-electron chi connectivity index (χ2n) is 4.99. The fourth-order valence-electron chi connectivity index (χ4n) is 1.87. The summed E-state index contributed by atoms with van der Waals surface area (Å²) in [7, 11) is -3.33. The standard InChI is InChI=1S/C15H17Cl2N3O2S/c1-2-3-6-23(21,22)20-13-4-5-15(18-10-13)19-14-8-11(16)7-12(17)9-14/h4-5,7-10,20H,2-3,6H2,1H3,(H,18,19). The normalized spacial score (nSPS) is 11.3. The number of aromatic nitrogens is 1. The van der Waals surface area contributed by atoms with Crippen LogP contribution >= 0.6 is 23.2 Å². The van der Waals surface area contributed by atoms with Crippen LogP contribution in [0.15, 0.2) is 36.5 Å². The summed E-state index contributed by atoms with van der Waals surface area (Å²) in [5, 5.41) is 4.08. The third-order valence-corrected chi connectivity index (χ3v) is 4.75. The van der Waals surface area contributed by atoms with Gasteiger partial charge in [-0.25, -0.2) is 13.4 Å². The third-order valence-electron chi connectivity index (χ3n) is 2.94. The molecule has 8 heteroatoms. The van der Waals surface area contributed by atoms with E-state index in [4.69, 9.17) is 23.2 Å². The van der Waals surface area contributed by atoms with Gasteiger partial charge in [0.25, 0.3) is 0 Å². The second-order valence-corrected chi connectivity index (χ2v) is 7.70. The summed E-state index contributed by atoms with van der Waals surface area (Å²) < 4.78 is 26.2. The molecule has 2 N–H and O–H groups in total. The molecule has 0 radical (unpaired) electrons. The molecule has 1 aromatic heterocycles. The van der Waals surface area contributed by atoms with Crippen LogP contribution in [0.5, 0.6) is 0 Å². The van der Waals surface area contributed by atoms with Crippen LogP contribution in [0.4, 0.5) is 17.2 Å². The highest BCUT2D eigenvalue weighted by Crippen LogP contribution is 2.25. The molecule has 0 atom stereocenters. The Bertz CT molecular complexity index is 745. The number of halogens is 2. The summed E-state index contributed by atoms with van der Waals surface area (Å²) in [6.45, 7) is 1.94. The topological polar surface area (TPSA) is 71.1 Å². The highest BCUT2D eigenvalue weighted by atomic mass is 35.5. The number of hydrogen-bond acceptors (Lipinski definition) is 4. The number of rotatable bonds is 7. The van der Waals surface area contributed by atoms with E-state index in [1.54, 1.807) is 30.3 Å². The summed E-state index contributed by atoms with van der Waals surface area (Å²) in [6.07, 6.45) is 2.90. The average molecular weight is 374 g/mol. The van der Waals surface area contributed by atoms with Gasteiger partial charge < -0.3 is 5.32 Å². The monoisotopic (exact) mass is 373 g/mol. The summed E-state index contributed by atoms with van der Waals surface area (Å²) in [5.74, 6) is 0.657. The number of nitrogens with one attached hydrogen (secondary N) is 2. The third kappa shape index (κ3) is 5.89. The van der Waals surface area contributed by atoms with Crippen molar-refractivity contribution in [3.63, 3.8) is 0 Å². The largest absolute Gasteiger partial charge is 0.340 e. The van der Waals surface area contributed by atoms with Gasteiger partial charge in [-0.1, -0.05) is 36.5 Å². The zero-order valence-corrected chi connectivity index (χ0v) is 14.8. The van der Waals surface area contributed by atoms with Crippen molar-refractivity contribution in [2.24, 2.45) is 0 Å². The van der Waals surface area contributed by atoms with Crippen LogP contribution < -0.4 is 10.0 Å². The molecule has 2 aromatic rings. The molecule has 0 aliphatic carbocycles. The molecule has 0 amide bonds. The number of anilines is 3. The quantitative estimate of drug-likeness (QED) is 0.739. The van der Waals surface area contributed by atoms with Crippen molar-refractivity contribution in [1.82, 2.24) is 4.98 Å². The van der Waals surface area contributed by atoms with Crippen molar-refractivity contribution in [1.29, 1.82) is 0 Å². The smallest absolute Gasteiger partial charge is 0.232 e. The molecule has 0 saturated heterocycles. The van der Waals surface area contributed by atoms with Crippen molar-refractivity contribution in [2.75, 3.05) is 15.8 Å². The summed E-state index contributed by atoms with van der Waals surface area (Å²) in [5.41, 5.74) is 1.13. The molecule has 0 spiro atoms. The predicted molar refractivity (Wildman–Crippen MR) is 96.3 cm³/mol. The first-order valence-corrected chi connectivity index (χ1v) is 9.48. The Kier molecular flexibility index (Phi) is 6.10. The van der Waals surface area contributed by atoms with Gasteiger partial charge in [0.2, 0.25) is 10.0 Å². The Balaban J connectivity index is 2.04. The first-order chi connectivity index (χ1) is 10.9. The van der Waals surface area contributed by atoms with E-state index in [2.05, 4.69) is 15.0 Å². The Hall–Kier alpha value is -1.50. The van der Waals surface area contributed by atoms with Crippen LogP contribution in [-0.2, 0) is 10.0 Å². The maximum Gasteiger partial charge on any atom is 0.232 e. The lowest BCUT2D eigenvalue weighted by molar-refractivity contribution is 0.598. The van der Waals surface area contributed by atoms with Gasteiger partial charge in [-0.05, 0) is 36.8 Å². The predicted octanol–water partition coefficient (Wildman–Crippen LogP) is 4.67. The molecular weight excluding hydrogens is 357 g/mol. The first-order valence-electron chi connectivity index (χ1n) is 7.07.